The molecule has 0 bridgehead atoms. The Morgan fingerprint density at radius 2 is 2.00 bits per heavy atom. The van der Waals surface area contributed by atoms with Gasteiger partial charge in [-0.15, -0.1) is 0 Å². The summed E-state index contributed by atoms with van der Waals surface area (Å²) in [6.07, 6.45) is 2.01. The standard InChI is InChI=1S/C20H19N3O5/c1-11-14(15-18(27-11)21-10-23(2)19(15)25)20(26)28-16(12-6-4-3-5-7-12)17(24)22-13-8-9-13/h3-7,10,13,16H,8-9H2,1-2H3,(H,22,24). The highest BCUT2D eigenvalue weighted by Crippen LogP contribution is 2.27. The summed E-state index contributed by atoms with van der Waals surface area (Å²) in [5, 5.41) is 2.90. The topological polar surface area (TPSA) is 103 Å². The van der Waals surface area contributed by atoms with Crippen molar-refractivity contribution in [1.29, 1.82) is 0 Å². The third kappa shape index (κ3) is 3.28. The SMILES string of the molecule is Cc1oc2ncn(C)c(=O)c2c1C(=O)OC(C(=O)NC1CC1)c1ccccc1. The first-order valence-corrected chi connectivity index (χ1v) is 8.96. The molecule has 4 rings (SSSR count). The zero-order valence-electron chi connectivity index (χ0n) is 15.5. The zero-order valence-corrected chi connectivity index (χ0v) is 15.5. The van der Waals surface area contributed by atoms with Crippen LogP contribution >= 0.6 is 0 Å². The van der Waals surface area contributed by atoms with Crippen LogP contribution in [0.5, 0.6) is 0 Å². The van der Waals surface area contributed by atoms with E-state index in [1.807, 2.05) is 6.07 Å². The Morgan fingerprint density at radius 1 is 1.29 bits per heavy atom. The molecule has 0 saturated heterocycles. The van der Waals surface area contributed by atoms with Crippen LogP contribution in [0.25, 0.3) is 11.1 Å². The molecule has 1 saturated carbocycles. The van der Waals surface area contributed by atoms with E-state index >= 15 is 0 Å². The highest BCUT2D eigenvalue weighted by atomic mass is 16.5. The number of benzene rings is 1. The van der Waals surface area contributed by atoms with Crippen LogP contribution in [-0.2, 0) is 16.6 Å². The van der Waals surface area contributed by atoms with Crippen LogP contribution < -0.4 is 10.9 Å². The van der Waals surface area contributed by atoms with Gasteiger partial charge in [-0.2, -0.15) is 0 Å². The van der Waals surface area contributed by atoms with E-state index in [0.29, 0.717) is 5.56 Å². The number of amides is 1. The molecule has 0 radical (unpaired) electrons. The van der Waals surface area contributed by atoms with E-state index < -0.39 is 23.5 Å². The van der Waals surface area contributed by atoms with E-state index in [4.69, 9.17) is 9.15 Å². The Morgan fingerprint density at radius 3 is 2.68 bits per heavy atom. The van der Waals surface area contributed by atoms with Crippen molar-refractivity contribution in [3.8, 4) is 0 Å². The van der Waals surface area contributed by atoms with E-state index in [0.717, 1.165) is 12.8 Å². The van der Waals surface area contributed by atoms with Crippen molar-refractivity contribution >= 4 is 23.0 Å². The summed E-state index contributed by atoms with van der Waals surface area (Å²) in [6.45, 7) is 1.56. The average Bonchev–Trinajstić information content (AvgIpc) is 3.43. The number of furan rings is 1. The highest BCUT2D eigenvalue weighted by Gasteiger charge is 2.33. The van der Waals surface area contributed by atoms with Crippen LogP contribution in [0.3, 0.4) is 0 Å². The monoisotopic (exact) mass is 381 g/mol. The maximum Gasteiger partial charge on any atom is 0.343 e. The number of rotatable bonds is 5. The number of nitrogens with one attached hydrogen (secondary N) is 1. The van der Waals surface area contributed by atoms with Crippen LogP contribution in [0.2, 0.25) is 0 Å². The molecule has 1 aliphatic carbocycles. The van der Waals surface area contributed by atoms with Crippen LogP contribution in [0.1, 0.15) is 40.6 Å². The molecule has 2 aromatic heterocycles. The number of esters is 1. The smallest absolute Gasteiger partial charge is 0.343 e. The van der Waals surface area contributed by atoms with Crippen molar-refractivity contribution in [3.05, 3.63) is 63.9 Å². The van der Waals surface area contributed by atoms with Crippen molar-refractivity contribution < 1.29 is 18.7 Å². The van der Waals surface area contributed by atoms with Crippen molar-refractivity contribution in [2.45, 2.75) is 31.9 Å². The molecule has 1 N–H and O–H groups in total. The van der Waals surface area contributed by atoms with Crippen molar-refractivity contribution in [2.75, 3.05) is 0 Å². The summed E-state index contributed by atoms with van der Waals surface area (Å²) in [4.78, 5) is 42.2. The Bertz CT molecular complexity index is 1110. The molecular weight excluding hydrogens is 362 g/mol. The first-order chi connectivity index (χ1) is 13.5. The largest absolute Gasteiger partial charge is 0.444 e. The minimum Gasteiger partial charge on any atom is -0.444 e. The van der Waals surface area contributed by atoms with Crippen LogP contribution in [0.15, 0.2) is 45.9 Å². The molecule has 1 aromatic carbocycles. The van der Waals surface area contributed by atoms with Crippen molar-refractivity contribution in [1.82, 2.24) is 14.9 Å². The van der Waals surface area contributed by atoms with Crippen molar-refractivity contribution in [3.63, 3.8) is 0 Å². The maximum atomic E-state index is 13.0. The summed E-state index contributed by atoms with van der Waals surface area (Å²) in [5.74, 6) is -0.982. The van der Waals surface area contributed by atoms with Crippen LogP contribution in [0, 0.1) is 6.92 Å². The van der Waals surface area contributed by atoms with Gasteiger partial charge in [0.2, 0.25) is 11.8 Å². The summed E-state index contributed by atoms with van der Waals surface area (Å²) >= 11 is 0. The number of nitrogens with zero attached hydrogens (tertiary/aromatic N) is 2. The number of carbonyl (C=O) groups excluding carboxylic acids is 2. The molecule has 2 heterocycles. The summed E-state index contributed by atoms with van der Waals surface area (Å²) < 4.78 is 12.3. The highest BCUT2D eigenvalue weighted by molar-refractivity contribution is 6.04. The molecule has 8 heteroatoms. The van der Waals surface area contributed by atoms with E-state index in [1.54, 1.807) is 31.2 Å². The number of aryl methyl sites for hydroxylation is 2. The Hall–Kier alpha value is -3.42. The van der Waals surface area contributed by atoms with Gasteiger partial charge in [0.15, 0.2) is 0 Å². The van der Waals surface area contributed by atoms with Crippen LogP contribution in [0.4, 0.5) is 0 Å². The summed E-state index contributed by atoms with van der Waals surface area (Å²) in [5.41, 5.74) is 0.174. The zero-order chi connectivity index (χ0) is 19.8. The van der Waals surface area contributed by atoms with Crippen LogP contribution in [-0.4, -0.2) is 27.5 Å². The predicted molar refractivity (Wildman–Crippen MR) is 99.8 cm³/mol. The quantitative estimate of drug-likeness (QED) is 0.678. The second-order valence-corrected chi connectivity index (χ2v) is 6.85. The Balaban J connectivity index is 1.71. The van der Waals surface area contributed by atoms with E-state index in [1.165, 1.54) is 17.9 Å². The number of fused-ring (bicyclic) bond motifs is 1. The molecular formula is C20H19N3O5. The maximum absolute atomic E-state index is 13.0. The van der Waals surface area contributed by atoms with Gasteiger partial charge in [-0.1, -0.05) is 30.3 Å². The fraction of sp³-hybridized carbons (Fsp3) is 0.300. The molecule has 1 atom stereocenters. The summed E-state index contributed by atoms with van der Waals surface area (Å²) in [7, 11) is 1.53. The fourth-order valence-electron chi connectivity index (χ4n) is 3.00. The lowest BCUT2D eigenvalue weighted by Crippen LogP contribution is -2.33. The molecule has 144 valence electrons. The van der Waals surface area contributed by atoms with Gasteiger partial charge in [0.05, 0.1) is 0 Å². The first kappa shape index (κ1) is 18.0. The number of hydrogen-bond donors (Lipinski definition) is 1. The Kier molecular flexibility index (Phi) is 4.46. The van der Waals surface area contributed by atoms with E-state index in [9.17, 15) is 14.4 Å². The minimum atomic E-state index is -1.13. The first-order valence-electron chi connectivity index (χ1n) is 8.96. The minimum absolute atomic E-state index is 0.0103. The molecule has 1 aliphatic rings. The number of ether oxygens (including phenoxy) is 1. The van der Waals surface area contributed by atoms with Gasteiger partial charge in [-0.3, -0.25) is 9.59 Å². The van der Waals surface area contributed by atoms with Gasteiger partial charge < -0.3 is 19.0 Å². The third-order valence-electron chi connectivity index (χ3n) is 4.64. The molecule has 1 fully saturated rings. The molecule has 0 spiro atoms. The van der Waals surface area contributed by atoms with E-state index in [-0.39, 0.29) is 28.5 Å². The average molecular weight is 381 g/mol. The Labute approximate surface area is 160 Å². The number of hydrogen-bond acceptors (Lipinski definition) is 6. The lowest BCUT2D eigenvalue weighted by atomic mass is 10.1. The molecule has 3 aromatic rings. The lowest BCUT2D eigenvalue weighted by Gasteiger charge is -2.18. The second kappa shape index (κ2) is 6.95. The molecule has 1 unspecified atom stereocenters. The molecule has 0 aliphatic heterocycles. The number of carbonyl (C=O) groups is 2. The molecule has 1 amide bonds. The van der Waals surface area contributed by atoms with Gasteiger partial charge in [0, 0.05) is 18.7 Å². The predicted octanol–water partition coefficient (Wildman–Crippen LogP) is 2.01. The second-order valence-electron chi connectivity index (χ2n) is 6.85. The third-order valence-corrected chi connectivity index (χ3v) is 4.64. The van der Waals surface area contributed by atoms with Gasteiger partial charge in [0.25, 0.3) is 11.5 Å². The number of aromatic nitrogens is 2. The van der Waals surface area contributed by atoms with Crippen molar-refractivity contribution in [2.24, 2.45) is 7.05 Å². The van der Waals surface area contributed by atoms with Gasteiger partial charge in [-0.25, -0.2) is 9.78 Å². The lowest BCUT2D eigenvalue weighted by molar-refractivity contribution is -0.130. The van der Waals surface area contributed by atoms with E-state index in [2.05, 4.69) is 10.3 Å². The van der Waals surface area contributed by atoms with Gasteiger partial charge in [-0.05, 0) is 19.8 Å². The van der Waals surface area contributed by atoms with Gasteiger partial charge >= 0.3 is 5.97 Å². The molecule has 28 heavy (non-hydrogen) atoms. The summed E-state index contributed by atoms with van der Waals surface area (Å²) in [6, 6.07) is 8.88. The molecule has 8 nitrogen and oxygen atoms in total. The fourth-order valence-corrected chi connectivity index (χ4v) is 3.00. The normalized spacial score (nSPS) is 14.6. The van der Waals surface area contributed by atoms with Gasteiger partial charge in [0.1, 0.15) is 23.0 Å².